The number of hydrogen-bond acceptors (Lipinski definition) is 4. The number of carboxylic acid groups (broad SMARTS) is 1. The van der Waals surface area contributed by atoms with Gasteiger partial charge in [-0.05, 0) is 38.6 Å². The van der Waals surface area contributed by atoms with E-state index in [4.69, 9.17) is 9.84 Å². The number of aliphatic carboxylic acids is 1. The van der Waals surface area contributed by atoms with Gasteiger partial charge in [0.2, 0.25) is 5.91 Å². The highest BCUT2D eigenvalue weighted by Crippen LogP contribution is 2.22. The van der Waals surface area contributed by atoms with Crippen molar-refractivity contribution in [1.82, 2.24) is 10.2 Å². The van der Waals surface area contributed by atoms with Crippen LogP contribution in [0.4, 0.5) is 0 Å². The predicted molar refractivity (Wildman–Crippen MR) is 75.5 cm³/mol. The molecular formula is C14H26N2O4. The average Bonchev–Trinajstić information content (AvgIpc) is 2.89. The van der Waals surface area contributed by atoms with E-state index in [-0.39, 0.29) is 18.4 Å². The maximum absolute atomic E-state index is 12.0. The standard InChI is InChI=1S/C14H26N2O4/c1-11(14(19)15-7-3-9-20-2)16-8-6-12(10-16)4-5-13(17)18/h11-12H,3-10H2,1-2H3,(H,15,19)(H,17,18). The predicted octanol–water partition coefficient (Wildman–Crippen LogP) is 0.714. The second-order valence-electron chi connectivity index (χ2n) is 5.40. The van der Waals surface area contributed by atoms with E-state index >= 15 is 0 Å². The second kappa shape index (κ2) is 8.92. The molecule has 0 saturated carbocycles. The quantitative estimate of drug-likeness (QED) is 0.610. The third-order valence-electron chi connectivity index (χ3n) is 3.84. The van der Waals surface area contributed by atoms with Crippen molar-refractivity contribution in [1.29, 1.82) is 0 Å². The Hall–Kier alpha value is -1.14. The molecule has 0 aromatic rings. The van der Waals surface area contributed by atoms with Gasteiger partial charge in [0.15, 0.2) is 0 Å². The zero-order valence-electron chi connectivity index (χ0n) is 12.4. The van der Waals surface area contributed by atoms with Crippen LogP contribution in [-0.2, 0) is 14.3 Å². The first-order valence-corrected chi connectivity index (χ1v) is 7.27. The summed E-state index contributed by atoms with van der Waals surface area (Å²) in [4.78, 5) is 24.7. The SMILES string of the molecule is COCCCNC(=O)C(C)N1CCC(CCC(=O)O)C1. The van der Waals surface area contributed by atoms with E-state index in [1.54, 1.807) is 7.11 Å². The molecule has 0 aromatic heterocycles. The number of methoxy groups -OCH3 is 1. The second-order valence-corrected chi connectivity index (χ2v) is 5.40. The minimum Gasteiger partial charge on any atom is -0.481 e. The Bertz CT molecular complexity index is 322. The van der Waals surface area contributed by atoms with Gasteiger partial charge in [0.1, 0.15) is 0 Å². The molecule has 20 heavy (non-hydrogen) atoms. The summed E-state index contributed by atoms with van der Waals surface area (Å²) in [6.45, 7) is 4.88. The zero-order chi connectivity index (χ0) is 15.0. The number of nitrogens with zero attached hydrogens (tertiary/aromatic N) is 1. The lowest BCUT2D eigenvalue weighted by atomic mass is 10.0. The molecule has 6 heteroatoms. The largest absolute Gasteiger partial charge is 0.481 e. The van der Waals surface area contributed by atoms with Crippen LogP contribution in [-0.4, -0.2) is 61.3 Å². The van der Waals surface area contributed by atoms with Crippen LogP contribution in [0.2, 0.25) is 0 Å². The lowest BCUT2D eigenvalue weighted by molar-refractivity contribution is -0.137. The van der Waals surface area contributed by atoms with Gasteiger partial charge in [-0.3, -0.25) is 14.5 Å². The van der Waals surface area contributed by atoms with Gasteiger partial charge in [0, 0.05) is 33.2 Å². The summed E-state index contributed by atoms with van der Waals surface area (Å²) in [6.07, 6.45) is 2.72. The first-order valence-electron chi connectivity index (χ1n) is 7.27. The number of carbonyl (C=O) groups excluding carboxylic acids is 1. The van der Waals surface area contributed by atoms with Crippen molar-refractivity contribution in [2.75, 3.05) is 33.4 Å². The topological polar surface area (TPSA) is 78.9 Å². The van der Waals surface area contributed by atoms with Crippen LogP contribution < -0.4 is 5.32 Å². The third kappa shape index (κ3) is 5.88. The number of amides is 1. The molecule has 0 radical (unpaired) electrons. The highest BCUT2D eigenvalue weighted by atomic mass is 16.5. The Morgan fingerprint density at radius 1 is 1.50 bits per heavy atom. The van der Waals surface area contributed by atoms with Crippen LogP contribution in [0.15, 0.2) is 0 Å². The van der Waals surface area contributed by atoms with Gasteiger partial charge in [-0.2, -0.15) is 0 Å². The molecule has 1 aliphatic heterocycles. The van der Waals surface area contributed by atoms with Gasteiger partial charge in [-0.25, -0.2) is 0 Å². The number of rotatable bonds is 9. The minimum absolute atomic E-state index is 0.0417. The molecule has 1 aliphatic rings. The molecule has 1 fully saturated rings. The van der Waals surface area contributed by atoms with Crippen LogP contribution in [0.3, 0.4) is 0 Å². The molecule has 2 unspecified atom stereocenters. The van der Waals surface area contributed by atoms with Crippen molar-refractivity contribution in [2.24, 2.45) is 5.92 Å². The molecule has 1 heterocycles. The van der Waals surface area contributed by atoms with Gasteiger partial charge in [0.05, 0.1) is 6.04 Å². The van der Waals surface area contributed by atoms with Crippen LogP contribution in [0.25, 0.3) is 0 Å². The fraction of sp³-hybridized carbons (Fsp3) is 0.857. The molecule has 0 spiro atoms. The Kier molecular flexibility index (Phi) is 7.54. The molecular weight excluding hydrogens is 260 g/mol. The number of carbonyl (C=O) groups is 2. The van der Waals surface area contributed by atoms with E-state index in [1.165, 1.54) is 0 Å². The summed E-state index contributed by atoms with van der Waals surface area (Å²) in [5, 5.41) is 11.6. The number of carboxylic acids is 1. The third-order valence-corrected chi connectivity index (χ3v) is 3.84. The highest BCUT2D eigenvalue weighted by Gasteiger charge is 2.29. The number of likely N-dealkylation sites (tertiary alicyclic amines) is 1. The molecule has 0 bridgehead atoms. The summed E-state index contributed by atoms with van der Waals surface area (Å²) in [6, 6.07) is -0.146. The number of hydrogen-bond donors (Lipinski definition) is 2. The maximum atomic E-state index is 12.0. The molecule has 0 aliphatic carbocycles. The number of ether oxygens (including phenoxy) is 1. The summed E-state index contributed by atoms with van der Waals surface area (Å²) >= 11 is 0. The van der Waals surface area contributed by atoms with Gasteiger partial charge in [-0.15, -0.1) is 0 Å². The minimum atomic E-state index is -0.743. The average molecular weight is 286 g/mol. The van der Waals surface area contributed by atoms with Crippen LogP contribution >= 0.6 is 0 Å². The lowest BCUT2D eigenvalue weighted by Gasteiger charge is -2.23. The number of nitrogens with one attached hydrogen (secondary N) is 1. The summed E-state index contributed by atoms with van der Waals surface area (Å²) < 4.78 is 4.93. The summed E-state index contributed by atoms with van der Waals surface area (Å²) in [7, 11) is 1.64. The summed E-state index contributed by atoms with van der Waals surface area (Å²) in [5.74, 6) is -0.304. The first-order chi connectivity index (χ1) is 9.54. The smallest absolute Gasteiger partial charge is 0.303 e. The van der Waals surface area contributed by atoms with Gasteiger partial charge in [0.25, 0.3) is 0 Å². The molecule has 2 atom stereocenters. The van der Waals surface area contributed by atoms with Crippen LogP contribution in [0, 0.1) is 5.92 Å². The van der Waals surface area contributed by atoms with E-state index in [2.05, 4.69) is 10.2 Å². The van der Waals surface area contributed by atoms with Gasteiger partial charge < -0.3 is 15.2 Å². The van der Waals surface area contributed by atoms with Gasteiger partial charge >= 0.3 is 5.97 Å². The van der Waals surface area contributed by atoms with Crippen molar-refractivity contribution in [3.8, 4) is 0 Å². The van der Waals surface area contributed by atoms with Crippen LogP contribution in [0.5, 0.6) is 0 Å². The first kappa shape index (κ1) is 16.9. The molecule has 6 nitrogen and oxygen atoms in total. The molecule has 1 saturated heterocycles. The van der Waals surface area contributed by atoms with E-state index in [0.717, 1.165) is 25.9 Å². The van der Waals surface area contributed by atoms with E-state index in [9.17, 15) is 9.59 Å². The Morgan fingerprint density at radius 2 is 2.25 bits per heavy atom. The lowest BCUT2D eigenvalue weighted by Crippen LogP contribution is -2.44. The van der Waals surface area contributed by atoms with Crippen molar-refractivity contribution in [3.05, 3.63) is 0 Å². The molecule has 116 valence electrons. The Labute approximate surface area is 120 Å². The van der Waals surface area contributed by atoms with Crippen molar-refractivity contribution < 1.29 is 19.4 Å². The Morgan fingerprint density at radius 3 is 2.90 bits per heavy atom. The van der Waals surface area contributed by atoms with Gasteiger partial charge in [-0.1, -0.05) is 0 Å². The van der Waals surface area contributed by atoms with E-state index in [1.807, 2.05) is 6.92 Å². The fourth-order valence-electron chi connectivity index (χ4n) is 2.52. The maximum Gasteiger partial charge on any atom is 0.303 e. The van der Waals surface area contributed by atoms with E-state index in [0.29, 0.717) is 25.5 Å². The van der Waals surface area contributed by atoms with Crippen molar-refractivity contribution in [3.63, 3.8) is 0 Å². The van der Waals surface area contributed by atoms with Crippen molar-refractivity contribution >= 4 is 11.9 Å². The Balaban J connectivity index is 2.24. The fourth-order valence-corrected chi connectivity index (χ4v) is 2.52. The summed E-state index contributed by atoms with van der Waals surface area (Å²) in [5.41, 5.74) is 0. The molecule has 1 amide bonds. The van der Waals surface area contributed by atoms with Crippen LogP contribution in [0.1, 0.15) is 32.6 Å². The normalized spacial score (nSPS) is 20.8. The van der Waals surface area contributed by atoms with E-state index < -0.39 is 5.97 Å². The highest BCUT2D eigenvalue weighted by molar-refractivity contribution is 5.81. The zero-order valence-corrected chi connectivity index (χ0v) is 12.4. The molecule has 1 rings (SSSR count). The monoisotopic (exact) mass is 286 g/mol. The van der Waals surface area contributed by atoms with Crippen molar-refractivity contribution in [2.45, 2.75) is 38.6 Å². The molecule has 2 N–H and O–H groups in total. The molecule has 0 aromatic carbocycles.